The van der Waals surface area contributed by atoms with E-state index < -0.39 is 57.6 Å². The molecule has 0 saturated carbocycles. The number of alkyl halides is 6. The largest absolute Gasteiger partial charge is 0.462 e. The van der Waals surface area contributed by atoms with Crippen molar-refractivity contribution in [1.82, 2.24) is 49.5 Å². The number of hydrogen-bond acceptors (Lipinski definition) is 14. The first-order valence-electron chi connectivity index (χ1n) is 29.2. The lowest BCUT2D eigenvalue weighted by molar-refractivity contribution is -0.138. The van der Waals surface area contributed by atoms with E-state index in [-0.39, 0.29) is 104 Å². The molecule has 0 radical (unpaired) electrons. The Morgan fingerprint density at radius 1 is 0.602 bits per heavy atom. The van der Waals surface area contributed by atoms with Crippen molar-refractivity contribution in [2.24, 2.45) is 0 Å². The summed E-state index contributed by atoms with van der Waals surface area (Å²) in [5.41, 5.74) is -4.11. The third kappa shape index (κ3) is 13.4. The standard InChI is InChI=1S/2C31H35ClF4N6O2/c2*1-6-19-13-17(3)25(31(34,35)36)28(37-19)24-22(32)14-21-27(26(24)33)38-30(44-16-20-9-8-10-40(20)5)39-29(21)42-12-11-41(15-18(42)4)23(43)7-2/h2*7,13-14,18,20H,2,6,8-12,15-16H2,1,3-5H3/t2*18-,20-/m00/s1. The van der Waals surface area contributed by atoms with Crippen molar-refractivity contribution < 1.29 is 54.2 Å². The Kier molecular flexibility index (Phi) is 19.8. The molecule has 0 bridgehead atoms. The van der Waals surface area contributed by atoms with Crippen LogP contribution in [0, 0.1) is 25.5 Å². The maximum atomic E-state index is 16.7. The third-order valence-corrected chi connectivity index (χ3v) is 17.5. The summed E-state index contributed by atoms with van der Waals surface area (Å²) in [5, 5.41) is -0.0672. The van der Waals surface area contributed by atoms with Gasteiger partial charge in [-0.15, -0.1) is 0 Å². The molecule has 4 aromatic heterocycles. The van der Waals surface area contributed by atoms with Gasteiger partial charge in [0.05, 0.1) is 43.7 Å². The molecule has 6 aromatic rings. The maximum absolute atomic E-state index is 16.7. The van der Waals surface area contributed by atoms with Gasteiger partial charge in [0, 0.05) is 85.6 Å². The van der Waals surface area contributed by atoms with Crippen LogP contribution >= 0.6 is 23.2 Å². The normalized spacial score (nSPS) is 19.6. The second kappa shape index (κ2) is 26.6. The number of likely N-dealkylation sites (N-methyl/N-ethyl adjacent to an activating group) is 2. The number of carbonyl (C=O) groups excluding carboxylic acids is 2. The molecule has 4 fully saturated rings. The highest BCUT2D eigenvalue weighted by Crippen LogP contribution is 2.47. The number of halogens is 10. The molecule has 16 nitrogen and oxygen atoms in total. The Morgan fingerprint density at radius 2 is 0.977 bits per heavy atom. The summed E-state index contributed by atoms with van der Waals surface area (Å²) in [6.07, 6.45) is -2.55. The number of anilines is 2. The first kappa shape index (κ1) is 65.4. The van der Waals surface area contributed by atoms with Gasteiger partial charge in [-0.1, -0.05) is 50.2 Å². The van der Waals surface area contributed by atoms with E-state index in [9.17, 15) is 35.9 Å². The van der Waals surface area contributed by atoms with Gasteiger partial charge in [-0.25, -0.2) is 8.78 Å². The van der Waals surface area contributed by atoms with Crippen LogP contribution in [0.3, 0.4) is 0 Å². The summed E-state index contributed by atoms with van der Waals surface area (Å²) in [6.45, 7) is 21.6. The van der Waals surface area contributed by atoms with E-state index in [0.29, 0.717) is 75.1 Å². The van der Waals surface area contributed by atoms with Gasteiger partial charge in [-0.2, -0.15) is 46.3 Å². The van der Waals surface area contributed by atoms with Crippen LogP contribution in [-0.4, -0.2) is 165 Å². The quantitative estimate of drug-likeness (QED) is 0.0752. The van der Waals surface area contributed by atoms with Crippen LogP contribution in [0.25, 0.3) is 44.3 Å². The SMILES string of the molecule is C=CC(=O)N1CCN(c2nc(OC[C@@H]3CCCN3C)nc3c(F)c(-c4nc(CC)cc(C)c4C(F)(F)F)c(Cl)cc23)[C@@H](C)C1.C=CC(=O)N1CCN(c2nc(OC[C@@H]3CCCN3C)nc3c(F)c(-c4nc(CC)cc(C)c4C(F)(F)F)c(Cl)cc23)[C@@H](C)C1. The Balaban J connectivity index is 0.000000209. The summed E-state index contributed by atoms with van der Waals surface area (Å²) in [7, 11) is 3.98. The topological polar surface area (TPSA) is 149 Å². The average Bonchev–Trinajstić information content (AvgIpc) is 2.30. The summed E-state index contributed by atoms with van der Waals surface area (Å²) in [4.78, 5) is 62.5. The van der Waals surface area contributed by atoms with Crippen molar-refractivity contribution in [3.05, 3.63) is 105 Å². The molecule has 0 aliphatic carbocycles. The molecule has 2 aromatic carbocycles. The van der Waals surface area contributed by atoms with Gasteiger partial charge in [0.15, 0.2) is 11.6 Å². The van der Waals surface area contributed by atoms with Crippen molar-refractivity contribution in [3.8, 4) is 34.5 Å². The molecule has 4 aliphatic rings. The lowest BCUT2D eigenvalue weighted by Gasteiger charge is -2.40. The fourth-order valence-corrected chi connectivity index (χ4v) is 12.7. The summed E-state index contributed by atoms with van der Waals surface area (Å²) < 4.78 is 131. The van der Waals surface area contributed by atoms with Crippen LogP contribution in [0.15, 0.2) is 49.6 Å². The first-order valence-corrected chi connectivity index (χ1v) is 30.0. The zero-order chi connectivity index (χ0) is 63.8. The average molecular weight is 1270 g/mol. The number of ether oxygens (including phenoxy) is 2. The fraction of sp³-hybridized carbons (Fsp3) is 0.484. The Hall–Kier alpha value is -7.02. The van der Waals surface area contributed by atoms with E-state index in [4.69, 9.17) is 32.7 Å². The number of aromatic nitrogens is 6. The predicted octanol–water partition coefficient (Wildman–Crippen LogP) is 12.1. The summed E-state index contributed by atoms with van der Waals surface area (Å²) >= 11 is 13.2. The highest BCUT2D eigenvalue weighted by molar-refractivity contribution is 6.35. The highest BCUT2D eigenvalue weighted by Gasteiger charge is 2.41. The number of carbonyl (C=O) groups is 2. The van der Waals surface area contributed by atoms with Gasteiger partial charge in [0.2, 0.25) is 11.8 Å². The minimum absolute atomic E-state index is 0.0798. The first-order chi connectivity index (χ1) is 41.7. The van der Waals surface area contributed by atoms with Gasteiger partial charge in [0.1, 0.15) is 35.9 Å². The lowest BCUT2D eigenvalue weighted by atomic mass is 9.97. The Morgan fingerprint density at radius 3 is 1.28 bits per heavy atom. The molecular weight excluding hydrogens is 1200 g/mol. The molecule has 8 heterocycles. The van der Waals surface area contributed by atoms with Gasteiger partial charge < -0.3 is 38.9 Å². The van der Waals surface area contributed by atoms with Gasteiger partial charge in [0.25, 0.3) is 0 Å². The van der Waals surface area contributed by atoms with Crippen LogP contribution in [0.2, 0.25) is 10.0 Å². The molecule has 10 rings (SSSR count). The lowest BCUT2D eigenvalue weighted by Crippen LogP contribution is -2.53. The maximum Gasteiger partial charge on any atom is 0.418 e. The van der Waals surface area contributed by atoms with Crippen molar-refractivity contribution in [3.63, 3.8) is 0 Å². The number of rotatable bonds is 14. The van der Waals surface area contributed by atoms with Crippen LogP contribution in [-0.2, 0) is 34.8 Å². The summed E-state index contributed by atoms with van der Waals surface area (Å²) in [6, 6.07) is 5.03. The second-order valence-corrected chi connectivity index (χ2v) is 23.6. The number of pyridine rings is 2. The molecule has 4 aliphatic heterocycles. The molecule has 0 N–H and O–H groups in total. The monoisotopic (exact) mass is 1270 g/mol. The number of amides is 2. The molecule has 4 atom stereocenters. The third-order valence-electron chi connectivity index (χ3n) is 16.9. The minimum atomic E-state index is -4.81. The molecule has 26 heteroatoms. The number of fused-ring (bicyclic) bond motifs is 2. The van der Waals surface area contributed by atoms with Crippen molar-refractivity contribution in [1.29, 1.82) is 0 Å². The molecule has 0 spiro atoms. The number of piperazine rings is 2. The van der Waals surface area contributed by atoms with E-state index >= 15 is 8.78 Å². The Labute approximate surface area is 515 Å². The second-order valence-electron chi connectivity index (χ2n) is 22.8. The molecule has 472 valence electrons. The Bertz CT molecular complexity index is 3430. The van der Waals surface area contributed by atoms with Crippen LogP contribution in [0.4, 0.5) is 46.8 Å². The van der Waals surface area contributed by atoms with Crippen molar-refractivity contribution >= 4 is 68.5 Å². The van der Waals surface area contributed by atoms with Crippen LogP contribution < -0.4 is 19.3 Å². The van der Waals surface area contributed by atoms with Crippen molar-refractivity contribution in [2.45, 2.75) is 117 Å². The molecule has 88 heavy (non-hydrogen) atoms. The van der Waals surface area contributed by atoms with Gasteiger partial charge in [-0.3, -0.25) is 19.6 Å². The zero-order valence-electron chi connectivity index (χ0n) is 50.3. The van der Waals surface area contributed by atoms with Crippen molar-refractivity contribution in [2.75, 3.05) is 89.5 Å². The minimum Gasteiger partial charge on any atom is -0.462 e. The van der Waals surface area contributed by atoms with Crippen LogP contribution in [0.1, 0.15) is 87.0 Å². The smallest absolute Gasteiger partial charge is 0.418 e. The molecular formula is C62H70Cl2F8N12O4. The predicted molar refractivity (Wildman–Crippen MR) is 323 cm³/mol. The van der Waals surface area contributed by atoms with E-state index in [1.54, 1.807) is 23.6 Å². The van der Waals surface area contributed by atoms with Gasteiger partial charge in [-0.05, 0) is 141 Å². The molecule has 4 saturated heterocycles. The van der Waals surface area contributed by atoms with Gasteiger partial charge >= 0.3 is 24.4 Å². The van der Waals surface area contributed by atoms with Crippen LogP contribution in [0.5, 0.6) is 12.0 Å². The highest BCUT2D eigenvalue weighted by atomic mass is 35.5. The fourth-order valence-electron chi connectivity index (χ4n) is 12.2. The van der Waals surface area contributed by atoms with E-state index in [1.165, 1.54) is 50.3 Å². The van der Waals surface area contributed by atoms with E-state index in [2.05, 4.69) is 52.9 Å². The van der Waals surface area contributed by atoms with E-state index in [1.807, 2.05) is 37.7 Å². The number of aryl methyl sites for hydroxylation is 4. The summed E-state index contributed by atoms with van der Waals surface area (Å²) in [5.74, 6) is -1.86. The number of benzene rings is 2. The molecule has 0 unspecified atom stereocenters. The number of hydrogen-bond donors (Lipinski definition) is 0. The number of likely N-dealkylation sites (tertiary alicyclic amines) is 2. The molecule has 2 amide bonds. The number of nitrogens with zero attached hydrogens (tertiary/aromatic N) is 12. The zero-order valence-corrected chi connectivity index (χ0v) is 51.8. The van der Waals surface area contributed by atoms with E-state index in [0.717, 1.165) is 38.8 Å².